The van der Waals surface area contributed by atoms with Gasteiger partial charge in [-0.2, -0.15) is 0 Å². The van der Waals surface area contributed by atoms with Crippen molar-refractivity contribution >= 4 is 11.9 Å². The van der Waals surface area contributed by atoms with E-state index in [-0.39, 0.29) is 29.8 Å². The van der Waals surface area contributed by atoms with E-state index in [9.17, 15) is 14.0 Å². The van der Waals surface area contributed by atoms with Crippen LogP contribution in [0.1, 0.15) is 44.1 Å². The molecule has 29 heavy (non-hydrogen) atoms. The number of rotatable bonds is 5. The van der Waals surface area contributed by atoms with E-state index in [2.05, 4.69) is 10.2 Å². The highest BCUT2D eigenvalue weighted by Crippen LogP contribution is 2.35. The second kappa shape index (κ2) is 9.11. The maximum atomic E-state index is 13.3. The topological polar surface area (TPSA) is 61.9 Å². The van der Waals surface area contributed by atoms with Crippen molar-refractivity contribution in [3.05, 3.63) is 35.6 Å². The first kappa shape index (κ1) is 20.1. The first-order chi connectivity index (χ1) is 14.1. The minimum atomic E-state index is -0.300. The van der Waals surface area contributed by atoms with Crippen molar-refractivity contribution < 1.29 is 18.7 Å². The summed E-state index contributed by atoms with van der Waals surface area (Å²) in [5.74, 6) is 0.224. The molecule has 6 nitrogen and oxygen atoms in total. The number of carbonyl (C=O) groups excluding carboxylic acids is 2. The van der Waals surface area contributed by atoms with Crippen molar-refractivity contribution in [3.8, 4) is 0 Å². The number of likely N-dealkylation sites (tertiary alicyclic amines) is 1. The minimum Gasteiger partial charge on any atom is -0.381 e. The molecule has 7 heteroatoms. The third-order valence-electron chi connectivity index (χ3n) is 6.24. The SMILES string of the molecule is O=C(NCc1cccc(F)c1)N1CCC(N(C(=O)C2CC2)C2CCOCC2)CC1. The van der Waals surface area contributed by atoms with Crippen molar-refractivity contribution in [1.82, 2.24) is 15.1 Å². The van der Waals surface area contributed by atoms with Gasteiger partial charge in [-0.3, -0.25) is 4.79 Å². The fourth-order valence-corrected chi connectivity index (χ4v) is 4.45. The summed E-state index contributed by atoms with van der Waals surface area (Å²) in [6, 6.07) is 6.62. The second-order valence-electron chi connectivity index (χ2n) is 8.37. The van der Waals surface area contributed by atoms with E-state index in [0.29, 0.717) is 25.5 Å². The molecule has 1 aromatic carbocycles. The lowest BCUT2D eigenvalue weighted by atomic mass is 9.97. The Bertz CT molecular complexity index is 726. The first-order valence-electron chi connectivity index (χ1n) is 10.8. The molecule has 3 amide bonds. The fraction of sp³-hybridized carbons (Fsp3) is 0.636. The van der Waals surface area contributed by atoms with Crippen LogP contribution in [0.15, 0.2) is 24.3 Å². The van der Waals surface area contributed by atoms with Crippen LogP contribution in [-0.2, 0) is 16.1 Å². The van der Waals surface area contributed by atoms with Gasteiger partial charge in [0.05, 0.1) is 0 Å². The van der Waals surface area contributed by atoms with Gasteiger partial charge in [0.15, 0.2) is 0 Å². The number of benzene rings is 1. The molecule has 1 saturated carbocycles. The molecule has 1 aromatic rings. The lowest BCUT2D eigenvalue weighted by Gasteiger charge is -2.43. The molecule has 4 rings (SSSR count). The van der Waals surface area contributed by atoms with Gasteiger partial charge in [-0.1, -0.05) is 12.1 Å². The number of nitrogens with zero attached hydrogens (tertiary/aromatic N) is 2. The zero-order chi connectivity index (χ0) is 20.2. The molecule has 0 radical (unpaired) electrons. The Morgan fingerprint density at radius 2 is 1.76 bits per heavy atom. The number of carbonyl (C=O) groups is 2. The van der Waals surface area contributed by atoms with Crippen LogP contribution in [0.3, 0.4) is 0 Å². The fourth-order valence-electron chi connectivity index (χ4n) is 4.45. The van der Waals surface area contributed by atoms with Gasteiger partial charge in [-0.05, 0) is 56.2 Å². The van der Waals surface area contributed by atoms with E-state index in [1.165, 1.54) is 12.1 Å². The summed E-state index contributed by atoms with van der Waals surface area (Å²) >= 11 is 0. The van der Waals surface area contributed by atoms with Crippen LogP contribution >= 0.6 is 0 Å². The number of nitrogens with one attached hydrogen (secondary N) is 1. The van der Waals surface area contributed by atoms with E-state index in [0.717, 1.165) is 57.3 Å². The number of ether oxygens (including phenoxy) is 1. The lowest BCUT2D eigenvalue weighted by molar-refractivity contribution is -0.141. The molecular weight excluding hydrogens is 373 g/mol. The molecule has 0 aromatic heterocycles. The number of halogens is 1. The summed E-state index contributed by atoms with van der Waals surface area (Å²) in [7, 11) is 0. The van der Waals surface area contributed by atoms with Crippen LogP contribution < -0.4 is 5.32 Å². The largest absolute Gasteiger partial charge is 0.381 e. The maximum absolute atomic E-state index is 13.3. The summed E-state index contributed by atoms with van der Waals surface area (Å²) in [6.45, 7) is 3.03. The van der Waals surface area contributed by atoms with Gasteiger partial charge < -0.3 is 19.9 Å². The van der Waals surface area contributed by atoms with E-state index < -0.39 is 0 Å². The summed E-state index contributed by atoms with van der Waals surface area (Å²) < 4.78 is 18.8. The Labute approximate surface area is 171 Å². The van der Waals surface area contributed by atoms with E-state index in [4.69, 9.17) is 4.74 Å². The highest BCUT2D eigenvalue weighted by atomic mass is 19.1. The number of amides is 3. The van der Waals surface area contributed by atoms with E-state index in [1.807, 2.05) is 0 Å². The smallest absolute Gasteiger partial charge is 0.317 e. The molecule has 0 atom stereocenters. The number of hydrogen-bond acceptors (Lipinski definition) is 3. The highest BCUT2D eigenvalue weighted by molar-refractivity contribution is 5.81. The summed E-state index contributed by atoms with van der Waals surface area (Å²) in [4.78, 5) is 29.4. The van der Waals surface area contributed by atoms with Crippen LogP contribution in [-0.4, -0.2) is 60.1 Å². The zero-order valence-corrected chi connectivity index (χ0v) is 16.8. The number of piperidine rings is 1. The highest BCUT2D eigenvalue weighted by Gasteiger charge is 2.41. The van der Waals surface area contributed by atoms with E-state index in [1.54, 1.807) is 17.0 Å². The van der Waals surface area contributed by atoms with Crippen molar-refractivity contribution in [2.75, 3.05) is 26.3 Å². The van der Waals surface area contributed by atoms with Gasteiger partial charge in [0.25, 0.3) is 0 Å². The molecule has 2 aliphatic heterocycles. The van der Waals surface area contributed by atoms with Crippen molar-refractivity contribution in [3.63, 3.8) is 0 Å². The predicted octanol–water partition coefficient (Wildman–Crippen LogP) is 2.92. The number of hydrogen-bond donors (Lipinski definition) is 1. The molecule has 2 heterocycles. The Kier molecular flexibility index (Phi) is 6.33. The standard InChI is InChI=1S/C22H30FN3O3/c23-18-3-1-2-16(14-18)15-24-22(28)25-10-6-19(7-11-25)26(21(27)17-4-5-17)20-8-12-29-13-9-20/h1-3,14,17,19-20H,4-13,15H2,(H,24,28). The van der Waals surface area contributed by atoms with Gasteiger partial charge in [0.1, 0.15) is 5.82 Å². The monoisotopic (exact) mass is 403 g/mol. The third kappa shape index (κ3) is 5.07. The third-order valence-corrected chi connectivity index (χ3v) is 6.24. The number of urea groups is 1. The molecule has 0 bridgehead atoms. The summed E-state index contributed by atoms with van der Waals surface area (Å²) in [6.07, 6.45) is 5.46. The van der Waals surface area contributed by atoms with Crippen LogP contribution in [0.2, 0.25) is 0 Å². The molecule has 158 valence electrons. The van der Waals surface area contributed by atoms with Crippen LogP contribution in [0, 0.1) is 11.7 Å². The van der Waals surface area contributed by atoms with E-state index >= 15 is 0 Å². The maximum Gasteiger partial charge on any atom is 0.317 e. The molecule has 3 aliphatic rings. The van der Waals surface area contributed by atoms with Crippen molar-refractivity contribution in [2.45, 2.75) is 57.2 Å². The summed E-state index contributed by atoms with van der Waals surface area (Å²) in [5.41, 5.74) is 0.744. The molecule has 1 aliphatic carbocycles. The lowest BCUT2D eigenvalue weighted by Crippen LogP contribution is -2.55. The molecule has 3 fully saturated rings. The van der Waals surface area contributed by atoms with Gasteiger partial charge >= 0.3 is 6.03 Å². The van der Waals surface area contributed by atoms with Crippen LogP contribution in [0.4, 0.5) is 9.18 Å². The van der Waals surface area contributed by atoms with Crippen LogP contribution in [0.5, 0.6) is 0 Å². The van der Waals surface area contributed by atoms with Gasteiger partial charge in [-0.25, -0.2) is 9.18 Å². The predicted molar refractivity (Wildman–Crippen MR) is 107 cm³/mol. The molecule has 1 N–H and O–H groups in total. The van der Waals surface area contributed by atoms with Crippen molar-refractivity contribution in [2.24, 2.45) is 5.92 Å². The van der Waals surface area contributed by atoms with Crippen molar-refractivity contribution in [1.29, 1.82) is 0 Å². The summed E-state index contributed by atoms with van der Waals surface area (Å²) in [5, 5.41) is 2.88. The van der Waals surface area contributed by atoms with Gasteiger partial charge in [0, 0.05) is 50.8 Å². The Morgan fingerprint density at radius 1 is 1.07 bits per heavy atom. The average molecular weight is 403 g/mol. The normalized spacial score (nSPS) is 21.1. The average Bonchev–Trinajstić information content (AvgIpc) is 3.59. The molecule has 0 spiro atoms. The minimum absolute atomic E-state index is 0.126. The molecular formula is C22H30FN3O3. The first-order valence-corrected chi connectivity index (χ1v) is 10.8. The molecule has 0 unspecified atom stereocenters. The quantitative estimate of drug-likeness (QED) is 0.822. The second-order valence-corrected chi connectivity index (χ2v) is 8.37. The van der Waals surface area contributed by atoms with Gasteiger partial charge in [-0.15, -0.1) is 0 Å². The zero-order valence-electron chi connectivity index (χ0n) is 16.8. The van der Waals surface area contributed by atoms with Gasteiger partial charge in [0.2, 0.25) is 5.91 Å². The molecule has 2 saturated heterocycles. The Hall–Kier alpha value is -2.15. The Balaban J connectivity index is 1.30. The van der Waals surface area contributed by atoms with Crippen LogP contribution in [0.25, 0.3) is 0 Å². The Morgan fingerprint density at radius 3 is 2.41 bits per heavy atom.